The van der Waals surface area contributed by atoms with E-state index in [0.717, 1.165) is 22.2 Å². The van der Waals surface area contributed by atoms with E-state index >= 15 is 0 Å². The summed E-state index contributed by atoms with van der Waals surface area (Å²) in [6.07, 6.45) is 0.999. The maximum atomic E-state index is 13.9. The third-order valence-electron chi connectivity index (χ3n) is 3.77. The predicted molar refractivity (Wildman–Crippen MR) is 88.6 cm³/mol. The van der Waals surface area contributed by atoms with Crippen molar-refractivity contribution in [3.05, 3.63) is 59.9 Å². The number of hydrogen-bond acceptors (Lipinski definition) is 2. The first kappa shape index (κ1) is 15.3. The zero-order valence-corrected chi connectivity index (χ0v) is 12.9. The fourth-order valence-electron chi connectivity index (χ4n) is 2.64. The SMILES string of the molecule is CCOC(=O)CCc1ccc2[nH]c(-c3ccccc3F)cc2c1. The lowest BCUT2D eigenvalue weighted by atomic mass is 10.1. The summed E-state index contributed by atoms with van der Waals surface area (Å²) in [5.41, 5.74) is 3.31. The molecule has 2 aromatic carbocycles. The molecule has 1 aromatic heterocycles. The molecule has 3 rings (SSSR count). The average molecular weight is 311 g/mol. The molecule has 0 unspecified atom stereocenters. The van der Waals surface area contributed by atoms with E-state index in [1.54, 1.807) is 19.1 Å². The summed E-state index contributed by atoms with van der Waals surface area (Å²) < 4.78 is 18.8. The summed E-state index contributed by atoms with van der Waals surface area (Å²) in [6.45, 7) is 2.20. The number of hydrogen-bond donors (Lipinski definition) is 1. The van der Waals surface area contributed by atoms with Gasteiger partial charge in [-0.15, -0.1) is 0 Å². The van der Waals surface area contributed by atoms with Gasteiger partial charge in [-0.25, -0.2) is 4.39 Å². The third-order valence-corrected chi connectivity index (χ3v) is 3.77. The maximum Gasteiger partial charge on any atom is 0.306 e. The van der Waals surface area contributed by atoms with Gasteiger partial charge >= 0.3 is 5.97 Å². The van der Waals surface area contributed by atoms with Gasteiger partial charge in [-0.05, 0) is 49.2 Å². The molecule has 4 heteroatoms. The van der Waals surface area contributed by atoms with Crippen LogP contribution in [0.5, 0.6) is 0 Å². The predicted octanol–water partition coefficient (Wildman–Crippen LogP) is 4.47. The summed E-state index contributed by atoms with van der Waals surface area (Å²) in [5, 5.41) is 1.00. The number of aromatic amines is 1. The molecule has 0 radical (unpaired) electrons. The fraction of sp³-hybridized carbons (Fsp3) is 0.211. The van der Waals surface area contributed by atoms with E-state index in [9.17, 15) is 9.18 Å². The summed E-state index contributed by atoms with van der Waals surface area (Å²) >= 11 is 0. The number of fused-ring (bicyclic) bond motifs is 1. The molecule has 0 aliphatic heterocycles. The van der Waals surface area contributed by atoms with Gasteiger partial charge in [0.05, 0.1) is 6.61 Å². The molecule has 1 N–H and O–H groups in total. The molecule has 118 valence electrons. The Bertz CT molecular complexity index is 838. The number of halogens is 1. The van der Waals surface area contributed by atoms with E-state index in [0.29, 0.717) is 25.0 Å². The Hall–Kier alpha value is -2.62. The molecule has 23 heavy (non-hydrogen) atoms. The van der Waals surface area contributed by atoms with Crippen LogP contribution in [0.25, 0.3) is 22.2 Å². The number of carbonyl (C=O) groups is 1. The second kappa shape index (κ2) is 6.65. The van der Waals surface area contributed by atoms with E-state index < -0.39 is 0 Å². The van der Waals surface area contributed by atoms with Crippen molar-refractivity contribution in [3.8, 4) is 11.3 Å². The molecule has 3 nitrogen and oxygen atoms in total. The first-order valence-corrected chi connectivity index (χ1v) is 7.69. The van der Waals surface area contributed by atoms with Crippen LogP contribution in [0.3, 0.4) is 0 Å². The molecular formula is C19H18FNO2. The summed E-state index contributed by atoms with van der Waals surface area (Å²) in [6, 6.07) is 14.6. The van der Waals surface area contributed by atoms with Gasteiger partial charge in [-0.3, -0.25) is 4.79 Å². The number of nitrogens with one attached hydrogen (secondary N) is 1. The number of aromatic nitrogens is 1. The van der Waals surface area contributed by atoms with Crippen molar-refractivity contribution < 1.29 is 13.9 Å². The van der Waals surface area contributed by atoms with Gasteiger partial charge in [0.2, 0.25) is 0 Å². The lowest BCUT2D eigenvalue weighted by Gasteiger charge is -2.02. The van der Waals surface area contributed by atoms with Crippen molar-refractivity contribution in [3.63, 3.8) is 0 Å². The third kappa shape index (κ3) is 3.42. The van der Waals surface area contributed by atoms with Crippen LogP contribution in [0.1, 0.15) is 18.9 Å². The van der Waals surface area contributed by atoms with Crippen LogP contribution < -0.4 is 0 Å². The molecular weight excluding hydrogens is 293 g/mol. The molecule has 0 aliphatic rings. The average Bonchev–Trinajstić information content (AvgIpc) is 2.96. The van der Waals surface area contributed by atoms with Crippen LogP contribution in [-0.4, -0.2) is 17.6 Å². The molecule has 3 aromatic rings. The zero-order chi connectivity index (χ0) is 16.2. The highest BCUT2D eigenvalue weighted by molar-refractivity contribution is 5.86. The zero-order valence-electron chi connectivity index (χ0n) is 12.9. The highest BCUT2D eigenvalue weighted by Gasteiger charge is 2.09. The highest BCUT2D eigenvalue weighted by Crippen LogP contribution is 2.27. The largest absolute Gasteiger partial charge is 0.466 e. The number of esters is 1. The van der Waals surface area contributed by atoms with Crippen molar-refractivity contribution in [2.75, 3.05) is 6.61 Å². The van der Waals surface area contributed by atoms with Gasteiger partial charge in [0.25, 0.3) is 0 Å². The number of ether oxygens (including phenoxy) is 1. The van der Waals surface area contributed by atoms with Crippen molar-refractivity contribution in [2.24, 2.45) is 0 Å². The van der Waals surface area contributed by atoms with E-state index in [2.05, 4.69) is 4.98 Å². The lowest BCUT2D eigenvalue weighted by molar-refractivity contribution is -0.143. The minimum atomic E-state index is -0.249. The molecule has 0 saturated heterocycles. The van der Waals surface area contributed by atoms with Crippen LogP contribution >= 0.6 is 0 Å². The van der Waals surface area contributed by atoms with Crippen molar-refractivity contribution >= 4 is 16.9 Å². The van der Waals surface area contributed by atoms with Gasteiger partial charge < -0.3 is 9.72 Å². The monoisotopic (exact) mass is 311 g/mol. The minimum Gasteiger partial charge on any atom is -0.466 e. The van der Waals surface area contributed by atoms with Crippen LogP contribution in [0.4, 0.5) is 4.39 Å². The first-order chi connectivity index (χ1) is 11.2. The van der Waals surface area contributed by atoms with Crippen LogP contribution in [-0.2, 0) is 16.0 Å². The Morgan fingerprint density at radius 1 is 1.17 bits per heavy atom. The number of aryl methyl sites for hydroxylation is 1. The Balaban J connectivity index is 1.84. The summed E-state index contributed by atoms with van der Waals surface area (Å²) in [5.74, 6) is -0.435. The quantitative estimate of drug-likeness (QED) is 0.706. The molecule has 0 atom stereocenters. The van der Waals surface area contributed by atoms with Crippen molar-refractivity contribution in [2.45, 2.75) is 19.8 Å². The molecule has 0 saturated carbocycles. The number of carbonyl (C=O) groups excluding carboxylic acids is 1. The molecule has 1 heterocycles. The van der Waals surface area contributed by atoms with E-state index in [4.69, 9.17) is 4.74 Å². The fourth-order valence-corrected chi connectivity index (χ4v) is 2.64. The van der Waals surface area contributed by atoms with Crippen molar-refractivity contribution in [1.29, 1.82) is 0 Å². The Labute approximate surface area is 134 Å². The normalized spacial score (nSPS) is 10.9. The smallest absolute Gasteiger partial charge is 0.306 e. The number of benzene rings is 2. The van der Waals surface area contributed by atoms with Gasteiger partial charge in [-0.1, -0.05) is 18.2 Å². The van der Waals surface area contributed by atoms with Gasteiger partial charge in [0, 0.05) is 28.6 Å². The standard InChI is InChI=1S/C19H18FNO2/c1-2-23-19(22)10-8-13-7-9-17-14(11-13)12-18(21-17)15-5-3-4-6-16(15)20/h3-7,9,11-12,21H,2,8,10H2,1H3. The number of H-pyrrole nitrogens is 1. The second-order valence-electron chi connectivity index (χ2n) is 5.39. The number of rotatable bonds is 5. The van der Waals surface area contributed by atoms with Crippen molar-refractivity contribution in [1.82, 2.24) is 4.98 Å². The van der Waals surface area contributed by atoms with Gasteiger partial charge in [0.15, 0.2) is 0 Å². The van der Waals surface area contributed by atoms with E-state index in [1.807, 2.05) is 30.3 Å². The van der Waals surface area contributed by atoms with Gasteiger partial charge in [0.1, 0.15) is 5.82 Å². The maximum absolute atomic E-state index is 13.9. The Kier molecular flexibility index (Phi) is 4.42. The lowest BCUT2D eigenvalue weighted by Crippen LogP contribution is -2.04. The topological polar surface area (TPSA) is 42.1 Å². The molecule has 0 fully saturated rings. The Morgan fingerprint density at radius 2 is 2.00 bits per heavy atom. The molecule has 0 amide bonds. The Morgan fingerprint density at radius 3 is 2.78 bits per heavy atom. The second-order valence-corrected chi connectivity index (χ2v) is 5.39. The summed E-state index contributed by atoms with van der Waals surface area (Å²) in [4.78, 5) is 14.7. The van der Waals surface area contributed by atoms with E-state index in [-0.39, 0.29) is 11.8 Å². The summed E-state index contributed by atoms with van der Waals surface area (Å²) in [7, 11) is 0. The minimum absolute atomic E-state index is 0.186. The highest BCUT2D eigenvalue weighted by atomic mass is 19.1. The van der Waals surface area contributed by atoms with Crippen LogP contribution in [0, 0.1) is 5.82 Å². The van der Waals surface area contributed by atoms with Gasteiger partial charge in [-0.2, -0.15) is 0 Å². The molecule has 0 bridgehead atoms. The first-order valence-electron chi connectivity index (χ1n) is 7.69. The molecule has 0 spiro atoms. The van der Waals surface area contributed by atoms with E-state index in [1.165, 1.54) is 6.07 Å². The van der Waals surface area contributed by atoms with Crippen LogP contribution in [0.15, 0.2) is 48.5 Å². The molecule has 0 aliphatic carbocycles. The van der Waals surface area contributed by atoms with Crippen LogP contribution in [0.2, 0.25) is 0 Å².